The van der Waals surface area contributed by atoms with E-state index < -0.39 is 0 Å². The van der Waals surface area contributed by atoms with Crippen LogP contribution in [-0.2, 0) is 0 Å². The van der Waals surface area contributed by atoms with E-state index >= 15 is 0 Å². The molecule has 1 aromatic rings. The first-order valence-corrected chi connectivity index (χ1v) is 7.36. The molecule has 0 radical (unpaired) electrons. The Balaban J connectivity index is 2.48. The third-order valence-corrected chi connectivity index (χ3v) is 4.41. The number of hydrogen-bond acceptors (Lipinski definition) is 5. The van der Waals surface area contributed by atoms with Crippen molar-refractivity contribution in [3.8, 4) is 0 Å². The lowest BCUT2D eigenvalue weighted by Gasteiger charge is -2.23. The molecule has 1 aromatic heterocycles. The summed E-state index contributed by atoms with van der Waals surface area (Å²) in [4.78, 5) is 14.4. The van der Waals surface area contributed by atoms with Crippen LogP contribution < -0.4 is 16.4 Å². The lowest BCUT2D eigenvalue weighted by Crippen LogP contribution is -2.32. The van der Waals surface area contributed by atoms with Crippen LogP contribution in [0.4, 0.5) is 10.7 Å². The summed E-state index contributed by atoms with van der Waals surface area (Å²) in [5, 5.41) is 6.84. The van der Waals surface area contributed by atoms with Crippen molar-refractivity contribution in [2.75, 3.05) is 38.2 Å². The molecule has 19 heavy (non-hydrogen) atoms. The summed E-state index contributed by atoms with van der Waals surface area (Å²) in [6, 6.07) is 2.40. The maximum atomic E-state index is 11.5. The van der Waals surface area contributed by atoms with E-state index in [1.165, 1.54) is 11.3 Å². The highest BCUT2D eigenvalue weighted by atomic mass is 32.1. The van der Waals surface area contributed by atoms with Gasteiger partial charge in [-0.05, 0) is 26.5 Å². The third-order valence-electron chi connectivity index (χ3n) is 3.30. The molecule has 0 aliphatic carbocycles. The van der Waals surface area contributed by atoms with Crippen LogP contribution in [0.1, 0.15) is 29.9 Å². The lowest BCUT2D eigenvalue weighted by molar-refractivity contribution is 0.0968. The van der Waals surface area contributed by atoms with Crippen molar-refractivity contribution in [1.82, 2.24) is 10.2 Å². The highest BCUT2D eigenvalue weighted by molar-refractivity contribution is 7.18. The van der Waals surface area contributed by atoms with Gasteiger partial charge in [0.1, 0.15) is 4.88 Å². The first kappa shape index (κ1) is 15.8. The molecule has 6 heteroatoms. The number of rotatable bonds is 7. The first-order valence-electron chi connectivity index (χ1n) is 6.55. The Labute approximate surface area is 119 Å². The molecule has 4 N–H and O–H groups in total. The number of nitrogen functional groups attached to an aromatic ring is 1. The van der Waals surface area contributed by atoms with Gasteiger partial charge in [-0.25, -0.2) is 0 Å². The molecule has 1 rings (SSSR count). The normalized spacial score (nSPS) is 12.5. The molecule has 0 bridgehead atoms. The summed E-state index contributed by atoms with van der Waals surface area (Å²) < 4.78 is 0. The van der Waals surface area contributed by atoms with Crippen molar-refractivity contribution in [3.63, 3.8) is 0 Å². The second kappa shape index (κ2) is 7.35. The fourth-order valence-electron chi connectivity index (χ4n) is 1.67. The van der Waals surface area contributed by atoms with Crippen LogP contribution in [-0.4, -0.2) is 44.0 Å². The average molecular weight is 284 g/mol. The number of thiophene rings is 1. The number of hydrogen-bond donors (Lipinski definition) is 3. The summed E-state index contributed by atoms with van der Waals surface area (Å²) in [7, 11) is 3.73. The Morgan fingerprint density at radius 3 is 2.84 bits per heavy atom. The topological polar surface area (TPSA) is 70.4 Å². The Morgan fingerprint density at radius 2 is 2.26 bits per heavy atom. The van der Waals surface area contributed by atoms with Crippen LogP contribution in [0, 0.1) is 0 Å². The Kier molecular flexibility index (Phi) is 6.11. The van der Waals surface area contributed by atoms with Gasteiger partial charge in [-0.15, -0.1) is 11.3 Å². The van der Waals surface area contributed by atoms with Gasteiger partial charge in [0.2, 0.25) is 0 Å². The first-order chi connectivity index (χ1) is 8.99. The molecular formula is C13H24N4OS. The zero-order valence-electron chi connectivity index (χ0n) is 12.1. The van der Waals surface area contributed by atoms with E-state index in [-0.39, 0.29) is 5.91 Å². The van der Waals surface area contributed by atoms with Gasteiger partial charge in [0.15, 0.2) is 0 Å². The molecule has 0 fully saturated rings. The molecule has 108 valence electrons. The van der Waals surface area contributed by atoms with Gasteiger partial charge in [0.25, 0.3) is 5.91 Å². The van der Waals surface area contributed by atoms with E-state index in [1.807, 2.05) is 6.07 Å². The summed E-state index contributed by atoms with van der Waals surface area (Å²) in [5.41, 5.74) is 6.35. The zero-order valence-corrected chi connectivity index (χ0v) is 12.9. The van der Waals surface area contributed by atoms with E-state index in [9.17, 15) is 4.79 Å². The smallest absolute Gasteiger partial charge is 0.263 e. The maximum Gasteiger partial charge on any atom is 0.263 e. The van der Waals surface area contributed by atoms with Gasteiger partial charge in [0.05, 0.1) is 10.7 Å². The number of nitrogens with zero attached hydrogens (tertiary/aromatic N) is 1. The molecule has 0 aromatic carbocycles. The van der Waals surface area contributed by atoms with Crippen LogP contribution in [0.25, 0.3) is 0 Å². The number of nitrogens with one attached hydrogen (secondary N) is 2. The molecule has 1 heterocycles. The summed E-state index contributed by atoms with van der Waals surface area (Å²) in [5.74, 6) is -0.132. The van der Waals surface area contributed by atoms with E-state index in [0.29, 0.717) is 16.6 Å². The fourth-order valence-corrected chi connectivity index (χ4v) is 2.62. The predicted molar refractivity (Wildman–Crippen MR) is 83.0 cm³/mol. The molecule has 0 aliphatic heterocycles. The largest absolute Gasteiger partial charge is 0.397 e. The fraction of sp³-hybridized carbons (Fsp3) is 0.615. The molecule has 1 amide bonds. The number of amides is 1. The zero-order chi connectivity index (χ0) is 14.4. The van der Waals surface area contributed by atoms with Crippen molar-refractivity contribution < 1.29 is 4.79 Å². The summed E-state index contributed by atoms with van der Waals surface area (Å²) in [6.07, 6.45) is 1.14. The van der Waals surface area contributed by atoms with Crippen LogP contribution in [0.5, 0.6) is 0 Å². The van der Waals surface area contributed by atoms with Crippen LogP contribution in [0.2, 0.25) is 0 Å². The molecule has 5 nitrogen and oxygen atoms in total. The molecule has 0 aliphatic rings. The Hall–Kier alpha value is -1.27. The monoisotopic (exact) mass is 284 g/mol. The summed E-state index contributed by atoms with van der Waals surface area (Å²) in [6.45, 7) is 6.20. The minimum absolute atomic E-state index is 0.132. The highest BCUT2D eigenvalue weighted by Crippen LogP contribution is 2.28. The van der Waals surface area contributed by atoms with Gasteiger partial charge in [0, 0.05) is 26.2 Å². The van der Waals surface area contributed by atoms with E-state index in [1.54, 1.807) is 7.05 Å². The van der Waals surface area contributed by atoms with Gasteiger partial charge >= 0.3 is 0 Å². The van der Waals surface area contributed by atoms with E-state index in [0.717, 1.165) is 24.5 Å². The SMILES string of the molecule is CCC(C)N(C)CCNc1cc(N)c(C(=O)NC)s1. The van der Waals surface area contributed by atoms with Crippen molar-refractivity contribution in [3.05, 3.63) is 10.9 Å². The number of likely N-dealkylation sites (N-methyl/N-ethyl adjacent to an activating group) is 1. The van der Waals surface area contributed by atoms with E-state index in [4.69, 9.17) is 5.73 Å². The van der Waals surface area contributed by atoms with Gasteiger partial charge in [-0.2, -0.15) is 0 Å². The van der Waals surface area contributed by atoms with Gasteiger partial charge in [-0.1, -0.05) is 6.92 Å². The van der Waals surface area contributed by atoms with Crippen LogP contribution in [0.15, 0.2) is 6.07 Å². The van der Waals surface area contributed by atoms with Crippen molar-refractivity contribution in [2.24, 2.45) is 0 Å². The van der Waals surface area contributed by atoms with Gasteiger partial charge < -0.3 is 21.3 Å². The molecule has 0 saturated heterocycles. The number of carbonyl (C=O) groups excluding carboxylic acids is 1. The Morgan fingerprint density at radius 1 is 1.58 bits per heavy atom. The Bertz CT molecular complexity index is 419. The second-order valence-corrected chi connectivity index (χ2v) is 5.69. The van der Waals surface area contributed by atoms with Crippen LogP contribution in [0.3, 0.4) is 0 Å². The third kappa shape index (κ3) is 4.40. The molecule has 1 unspecified atom stereocenters. The average Bonchev–Trinajstić information content (AvgIpc) is 2.77. The molecule has 0 saturated carbocycles. The molecule has 0 spiro atoms. The van der Waals surface area contributed by atoms with Crippen molar-refractivity contribution in [1.29, 1.82) is 0 Å². The molecule has 1 atom stereocenters. The highest BCUT2D eigenvalue weighted by Gasteiger charge is 2.13. The van der Waals surface area contributed by atoms with Crippen molar-refractivity contribution in [2.45, 2.75) is 26.3 Å². The number of nitrogens with two attached hydrogens (primary N) is 1. The van der Waals surface area contributed by atoms with Gasteiger partial charge in [-0.3, -0.25) is 4.79 Å². The number of anilines is 2. The summed E-state index contributed by atoms with van der Waals surface area (Å²) >= 11 is 1.39. The van der Waals surface area contributed by atoms with E-state index in [2.05, 4.69) is 36.4 Å². The quantitative estimate of drug-likeness (QED) is 0.714. The predicted octanol–water partition coefficient (Wildman–Crippen LogP) is 1.83. The minimum Gasteiger partial charge on any atom is -0.397 e. The minimum atomic E-state index is -0.132. The molecular weight excluding hydrogens is 260 g/mol. The number of carbonyl (C=O) groups is 1. The standard InChI is InChI=1S/C13H24N4OS/c1-5-9(2)17(4)7-6-16-11-8-10(14)12(19-11)13(18)15-3/h8-9,16H,5-7,14H2,1-4H3,(H,15,18). The van der Waals surface area contributed by atoms with Crippen LogP contribution >= 0.6 is 11.3 Å². The lowest BCUT2D eigenvalue weighted by atomic mass is 10.2. The second-order valence-electron chi connectivity index (χ2n) is 4.64. The maximum absolute atomic E-state index is 11.5. The van der Waals surface area contributed by atoms with Crippen molar-refractivity contribution >= 4 is 27.9 Å².